The summed E-state index contributed by atoms with van der Waals surface area (Å²) in [5.41, 5.74) is 2.18. The van der Waals surface area contributed by atoms with Gasteiger partial charge in [-0.2, -0.15) is 0 Å². The number of morpholine rings is 1. The van der Waals surface area contributed by atoms with E-state index in [-0.39, 0.29) is 0 Å². The van der Waals surface area contributed by atoms with Crippen LogP contribution in [0.1, 0.15) is 12.5 Å². The van der Waals surface area contributed by atoms with E-state index in [0.717, 1.165) is 62.3 Å². The van der Waals surface area contributed by atoms with Crippen molar-refractivity contribution in [2.45, 2.75) is 19.9 Å². The summed E-state index contributed by atoms with van der Waals surface area (Å²) in [5.74, 6) is 0.233. The van der Waals surface area contributed by atoms with E-state index in [1.807, 2.05) is 12.1 Å². The molecule has 0 unspecified atom stereocenters. The smallest absolute Gasteiger partial charge is 0.336 e. The molecule has 5 nitrogen and oxygen atoms in total. The number of hydrogen-bond donors (Lipinski definition) is 0. The maximum absolute atomic E-state index is 11.8. The lowest BCUT2D eigenvalue weighted by Crippen LogP contribution is -2.38. The van der Waals surface area contributed by atoms with E-state index in [9.17, 15) is 4.79 Å². The van der Waals surface area contributed by atoms with Gasteiger partial charge in [0.1, 0.15) is 0 Å². The van der Waals surface area contributed by atoms with Crippen molar-refractivity contribution in [2.75, 3.05) is 32.8 Å². The number of benzene rings is 1. The molecule has 0 aliphatic carbocycles. The lowest BCUT2D eigenvalue weighted by atomic mass is 10.1. The van der Waals surface area contributed by atoms with Crippen molar-refractivity contribution < 1.29 is 14.3 Å². The Kier molecular flexibility index (Phi) is 5.33. The highest BCUT2D eigenvalue weighted by atomic mass is 16.5. The zero-order valence-electron chi connectivity index (χ0n) is 14.2. The predicted octanol–water partition coefficient (Wildman–Crippen LogP) is 2.63. The fraction of sp³-hybridized carbons (Fsp3) is 0.421. The first-order valence-electron chi connectivity index (χ1n) is 8.49. The molecule has 0 atom stereocenters. The number of para-hydroxylation sites is 1. The molecule has 1 aliphatic heterocycles. The van der Waals surface area contributed by atoms with E-state index in [1.165, 1.54) is 6.08 Å². The van der Waals surface area contributed by atoms with Gasteiger partial charge in [0.15, 0.2) is 0 Å². The van der Waals surface area contributed by atoms with Crippen molar-refractivity contribution in [1.29, 1.82) is 0 Å². The van der Waals surface area contributed by atoms with Crippen LogP contribution in [-0.2, 0) is 22.5 Å². The van der Waals surface area contributed by atoms with Crippen LogP contribution < -0.4 is 4.74 Å². The largest absolute Gasteiger partial charge is 0.406 e. The molecule has 5 heteroatoms. The molecule has 1 aromatic carbocycles. The minimum absolute atomic E-state index is 0.417. The maximum Gasteiger partial charge on any atom is 0.336 e. The van der Waals surface area contributed by atoms with Gasteiger partial charge in [0, 0.05) is 43.2 Å². The monoisotopic (exact) mass is 328 g/mol. The van der Waals surface area contributed by atoms with Gasteiger partial charge in [-0.15, -0.1) is 0 Å². The Balaban J connectivity index is 1.94. The molecular formula is C19H24N2O3. The van der Waals surface area contributed by atoms with Crippen LogP contribution in [0.5, 0.6) is 5.88 Å². The van der Waals surface area contributed by atoms with Gasteiger partial charge in [-0.1, -0.05) is 31.7 Å². The Morgan fingerprint density at radius 2 is 2.04 bits per heavy atom. The number of carbonyl (C=O) groups excluding carboxylic acids is 1. The minimum atomic E-state index is -0.417. The van der Waals surface area contributed by atoms with Gasteiger partial charge < -0.3 is 14.0 Å². The molecule has 0 N–H and O–H groups in total. The second kappa shape index (κ2) is 7.64. The Labute approximate surface area is 142 Å². The lowest BCUT2D eigenvalue weighted by Gasteiger charge is -2.27. The molecule has 24 heavy (non-hydrogen) atoms. The van der Waals surface area contributed by atoms with Crippen LogP contribution in [0.2, 0.25) is 0 Å². The first-order valence-corrected chi connectivity index (χ1v) is 8.49. The predicted molar refractivity (Wildman–Crippen MR) is 94.4 cm³/mol. The number of nitrogens with zero attached hydrogens (tertiary/aromatic N) is 2. The quantitative estimate of drug-likeness (QED) is 0.604. The molecule has 2 aromatic rings. The van der Waals surface area contributed by atoms with Crippen molar-refractivity contribution in [2.24, 2.45) is 0 Å². The molecule has 0 bridgehead atoms. The van der Waals surface area contributed by atoms with E-state index >= 15 is 0 Å². The average Bonchev–Trinajstić information content (AvgIpc) is 2.93. The van der Waals surface area contributed by atoms with E-state index in [4.69, 9.17) is 9.47 Å². The van der Waals surface area contributed by atoms with Crippen molar-refractivity contribution in [3.8, 4) is 5.88 Å². The summed E-state index contributed by atoms with van der Waals surface area (Å²) < 4.78 is 13.1. The van der Waals surface area contributed by atoms with Gasteiger partial charge in [-0.05, 0) is 12.5 Å². The number of hydrogen-bond acceptors (Lipinski definition) is 4. The number of aryl methyl sites for hydroxylation is 1. The van der Waals surface area contributed by atoms with E-state index in [0.29, 0.717) is 5.88 Å². The van der Waals surface area contributed by atoms with Gasteiger partial charge >= 0.3 is 5.97 Å². The third-order valence-corrected chi connectivity index (χ3v) is 4.48. The van der Waals surface area contributed by atoms with Crippen molar-refractivity contribution in [3.05, 3.63) is 42.5 Å². The molecule has 0 radical (unpaired) electrons. The molecule has 2 heterocycles. The number of carbonyl (C=O) groups is 1. The summed E-state index contributed by atoms with van der Waals surface area (Å²) in [6.07, 6.45) is 2.02. The number of rotatable bonds is 6. The van der Waals surface area contributed by atoms with Crippen molar-refractivity contribution in [1.82, 2.24) is 9.47 Å². The molecule has 1 aromatic heterocycles. The van der Waals surface area contributed by atoms with Crippen LogP contribution in [-0.4, -0.2) is 48.3 Å². The second-order valence-corrected chi connectivity index (χ2v) is 5.89. The van der Waals surface area contributed by atoms with E-state index in [2.05, 4.69) is 35.1 Å². The maximum atomic E-state index is 11.8. The van der Waals surface area contributed by atoms with Crippen LogP contribution >= 0.6 is 0 Å². The van der Waals surface area contributed by atoms with Gasteiger partial charge in [-0.3, -0.25) is 4.90 Å². The van der Waals surface area contributed by atoms with Crippen LogP contribution in [0, 0.1) is 0 Å². The standard InChI is InChI=1S/C19H24N2O3/c1-3-15-16-7-5-6-8-17(16)21(19(15)24-18(22)4-2)10-9-20-11-13-23-14-12-20/h4-8H,2-3,9-14H2,1H3. The highest BCUT2D eigenvalue weighted by Crippen LogP contribution is 2.33. The normalized spacial score (nSPS) is 15.5. The van der Waals surface area contributed by atoms with Crippen LogP contribution in [0.15, 0.2) is 36.9 Å². The number of fused-ring (bicyclic) bond motifs is 1. The van der Waals surface area contributed by atoms with Crippen molar-refractivity contribution in [3.63, 3.8) is 0 Å². The fourth-order valence-electron chi connectivity index (χ4n) is 3.24. The third-order valence-electron chi connectivity index (χ3n) is 4.48. The summed E-state index contributed by atoms with van der Waals surface area (Å²) >= 11 is 0. The highest BCUT2D eigenvalue weighted by molar-refractivity contribution is 5.90. The topological polar surface area (TPSA) is 43.7 Å². The zero-order valence-corrected chi connectivity index (χ0v) is 14.2. The summed E-state index contributed by atoms with van der Waals surface area (Å²) in [7, 11) is 0. The van der Waals surface area contributed by atoms with Crippen LogP contribution in [0.4, 0.5) is 0 Å². The second-order valence-electron chi connectivity index (χ2n) is 5.89. The molecule has 1 saturated heterocycles. The molecule has 128 valence electrons. The number of aromatic nitrogens is 1. The Morgan fingerprint density at radius 3 is 2.75 bits per heavy atom. The van der Waals surface area contributed by atoms with Gasteiger partial charge in [0.05, 0.1) is 18.7 Å². The SMILES string of the molecule is C=CC(=O)Oc1c(CC)c2ccccc2n1CCN1CCOCC1. The first kappa shape index (κ1) is 16.7. The highest BCUT2D eigenvalue weighted by Gasteiger charge is 2.20. The molecular weight excluding hydrogens is 304 g/mol. The van der Waals surface area contributed by atoms with Crippen LogP contribution in [0.25, 0.3) is 10.9 Å². The summed E-state index contributed by atoms with van der Waals surface area (Å²) in [5, 5.41) is 1.15. The van der Waals surface area contributed by atoms with E-state index < -0.39 is 5.97 Å². The van der Waals surface area contributed by atoms with Crippen LogP contribution in [0.3, 0.4) is 0 Å². The molecule has 1 fully saturated rings. The summed E-state index contributed by atoms with van der Waals surface area (Å²) in [4.78, 5) is 14.2. The Hall–Kier alpha value is -2.11. The Morgan fingerprint density at radius 1 is 1.29 bits per heavy atom. The number of ether oxygens (including phenoxy) is 2. The molecule has 0 spiro atoms. The van der Waals surface area contributed by atoms with Gasteiger partial charge in [0.2, 0.25) is 5.88 Å². The van der Waals surface area contributed by atoms with E-state index in [1.54, 1.807) is 0 Å². The molecule has 0 amide bonds. The average molecular weight is 328 g/mol. The molecule has 0 saturated carbocycles. The summed E-state index contributed by atoms with van der Waals surface area (Å²) in [6.45, 7) is 10.7. The lowest BCUT2D eigenvalue weighted by molar-refractivity contribution is -0.129. The molecule has 3 rings (SSSR count). The van der Waals surface area contributed by atoms with Gasteiger partial charge in [-0.25, -0.2) is 4.79 Å². The van der Waals surface area contributed by atoms with Crippen molar-refractivity contribution >= 4 is 16.9 Å². The Bertz CT molecular complexity index is 730. The first-order chi connectivity index (χ1) is 11.7. The zero-order chi connectivity index (χ0) is 16.9. The minimum Gasteiger partial charge on any atom is -0.406 e. The fourth-order valence-corrected chi connectivity index (χ4v) is 3.24. The third kappa shape index (κ3) is 3.37. The number of esters is 1. The van der Waals surface area contributed by atoms with Gasteiger partial charge in [0.25, 0.3) is 0 Å². The molecule has 1 aliphatic rings. The summed E-state index contributed by atoms with van der Waals surface area (Å²) in [6, 6.07) is 8.21.